The lowest BCUT2D eigenvalue weighted by Gasteiger charge is -2.42. The molecule has 1 aromatic rings. The fraction of sp³-hybridized carbons (Fsp3) is 0.812. The van der Waals surface area contributed by atoms with Crippen LogP contribution in [0.3, 0.4) is 0 Å². The standard InChI is InChI=1S/C16H24F2N4O3/c1-21-11-19-20-12(21)9-14(24)5-4-8-22(10-14)13(23)16(17,18)15(25)6-2-3-7-15/h11,24-25H,2-10H2,1H3. The molecule has 1 unspecified atom stereocenters. The summed E-state index contributed by atoms with van der Waals surface area (Å²) < 4.78 is 30.9. The van der Waals surface area contributed by atoms with Gasteiger partial charge in [-0.1, -0.05) is 12.8 Å². The summed E-state index contributed by atoms with van der Waals surface area (Å²) in [5.41, 5.74) is -3.60. The van der Waals surface area contributed by atoms with E-state index in [0.717, 1.165) is 4.90 Å². The zero-order chi connectivity index (χ0) is 18.3. The van der Waals surface area contributed by atoms with Crippen LogP contribution >= 0.6 is 0 Å². The number of nitrogens with zero attached hydrogens (tertiary/aromatic N) is 4. The number of piperidine rings is 1. The summed E-state index contributed by atoms with van der Waals surface area (Å²) >= 11 is 0. The van der Waals surface area contributed by atoms with E-state index in [-0.39, 0.29) is 32.4 Å². The second kappa shape index (κ2) is 6.28. The lowest BCUT2D eigenvalue weighted by Crippen LogP contribution is -2.61. The van der Waals surface area contributed by atoms with Gasteiger partial charge < -0.3 is 19.7 Å². The second-order valence-corrected chi connectivity index (χ2v) is 7.40. The number of amides is 1. The minimum Gasteiger partial charge on any atom is -0.388 e. The molecule has 1 aromatic heterocycles. The maximum Gasteiger partial charge on any atom is 0.352 e. The van der Waals surface area contributed by atoms with Crippen molar-refractivity contribution in [1.29, 1.82) is 0 Å². The van der Waals surface area contributed by atoms with Gasteiger partial charge in [0.1, 0.15) is 17.8 Å². The van der Waals surface area contributed by atoms with Gasteiger partial charge in [-0.3, -0.25) is 4.79 Å². The third kappa shape index (κ3) is 3.27. The number of rotatable bonds is 4. The minimum absolute atomic E-state index is 0.0806. The summed E-state index contributed by atoms with van der Waals surface area (Å²) in [6.07, 6.45) is 3.22. The van der Waals surface area contributed by atoms with E-state index < -0.39 is 23.0 Å². The smallest absolute Gasteiger partial charge is 0.352 e. The summed E-state index contributed by atoms with van der Waals surface area (Å²) in [7, 11) is 1.73. The largest absolute Gasteiger partial charge is 0.388 e. The van der Waals surface area contributed by atoms with Crippen LogP contribution in [0.4, 0.5) is 8.78 Å². The van der Waals surface area contributed by atoms with Gasteiger partial charge in [-0.25, -0.2) is 0 Å². The third-order valence-corrected chi connectivity index (χ3v) is 5.42. The fourth-order valence-corrected chi connectivity index (χ4v) is 3.86. The highest BCUT2D eigenvalue weighted by Gasteiger charge is 2.61. The van der Waals surface area contributed by atoms with Crippen molar-refractivity contribution in [3.8, 4) is 0 Å². The molecule has 2 heterocycles. The Kier molecular flexibility index (Phi) is 4.57. The van der Waals surface area contributed by atoms with Crippen molar-refractivity contribution in [2.75, 3.05) is 13.1 Å². The van der Waals surface area contributed by atoms with E-state index in [2.05, 4.69) is 10.2 Å². The summed E-state index contributed by atoms with van der Waals surface area (Å²) in [4.78, 5) is 13.4. The highest BCUT2D eigenvalue weighted by molar-refractivity contribution is 5.85. The number of carbonyl (C=O) groups is 1. The molecule has 0 spiro atoms. The number of hydrogen-bond acceptors (Lipinski definition) is 5. The molecule has 1 aliphatic carbocycles. The molecular formula is C16H24F2N4O3. The second-order valence-electron chi connectivity index (χ2n) is 7.40. The van der Waals surface area contributed by atoms with Crippen LogP contribution in [0.15, 0.2) is 6.33 Å². The van der Waals surface area contributed by atoms with Crippen LogP contribution in [0.1, 0.15) is 44.3 Å². The Morgan fingerprint density at radius 3 is 2.56 bits per heavy atom. The van der Waals surface area contributed by atoms with Crippen molar-refractivity contribution in [1.82, 2.24) is 19.7 Å². The maximum absolute atomic E-state index is 14.6. The summed E-state index contributed by atoms with van der Waals surface area (Å²) in [6.45, 7) is -0.0595. The van der Waals surface area contributed by atoms with Crippen molar-refractivity contribution < 1.29 is 23.8 Å². The lowest BCUT2D eigenvalue weighted by molar-refractivity contribution is -0.204. The molecule has 1 aliphatic heterocycles. The van der Waals surface area contributed by atoms with Crippen molar-refractivity contribution in [2.24, 2.45) is 7.05 Å². The van der Waals surface area contributed by atoms with Crippen LogP contribution in [-0.2, 0) is 18.3 Å². The number of aromatic nitrogens is 3. The van der Waals surface area contributed by atoms with E-state index in [1.165, 1.54) is 6.33 Å². The molecule has 0 bridgehead atoms. The average Bonchev–Trinajstić information content (AvgIpc) is 3.16. The molecule has 25 heavy (non-hydrogen) atoms. The Hall–Kier alpha value is -1.61. The lowest BCUT2D eigenvalue weighted by atomic mass is 9.87. The maximum atomic E-state index is 14.6. The first kappa shape index (κ1) is 18.2. The Labute approximate surface area is 144 Å². The van der Waals surface area contributed by atoms with E-state index >= 15 is 0 Å². The Bertz CT molecular complexity index is 645. The number of aryl methyl sites for hydroxylation is 1. The van der Waals surface area contributed by atoms with Gasteiger partial charge >= 0.3 is 5.92 Å². The molecule has 1 saturated heterocycles. The molecule has 2 aliphatic rings. The van der Waals surface area contributed by atoms with E-state index in [9.17, 15) is 23.8 Å². The zero-order valence-electron chi connectivity index (χ0n) is 14.3. The first-order chi connectivity index (χ1) is 11.7. The molecule has 0 aromatic carbocycles. The van der Waals surface area contributed by atoms with Gasteiger partial charge in [0, 0.05) is 20.0 Å². The zero-order valence-corrected chi connectivity index (χ0v) is 14.3. The molecule has 7 nitrogen and oxygen atoms in total. The Morgan fingerprint density at radius 1 is 1.28 bits per heavy atom. The van der Waals surface area contributed by atoms with Crippen LogP contribution in [0.2, 0.25) is 0 Å². The van der Waals surface area contributed by atoms with Crippen molar-refractivity contribution >= 4 is 5.91 Å². The van der Waals surface area contributed by atoms with Crippen molar-refractivity contribution in [2.45, 2.75) is 62.1 Å². The number of likely N-dealkylation sites (tertiary alicyclic amines) is 1. The molecule has 140 valence electrons. The molecule has 0 radical (unpaired) electrons. The number of halogens is 2. The third-order valence-electron chi connectivity index (χ3n) is 5.42. The van der Waals surface area contributed by atoms with E-state index in [0.29, 0.717) is 31.5 Å². The highest BCUT2D eigenvalue weighted by atomic mass is 19.3. The molecule has 1 saturated carbocycles. The molecule has 2 fully saturated rings. The highest BCUT2D eigenvalue weighted by Crippen LogP contribution is 2.43. The van der Waals surface area contributed by atoms with Gasteiger partial charge in [-0.2, -0.15) is 8.78 Å². The molecule has 1 amide bonds. The number of carbonyl (C=O) groups excluding carboxylic acids is 1. The Balaban J connectivity index is 1.74. The van der Waals surface area contributed by atoms with Crippen molar-refractivity contribution in [3.63, 3.8) is 0 Å². The number of hydrogen-bond donors (Lipinski definition) is 2. The predicted octanol–water partition coefficient (Wildman–Crippen LogP) is 0.651. The normalized spacial score (nSPS) is 26.8. The van der Waals surface area contributed by atoms with Crippen LogP contribution in [0, 0.1) is 0 Å². The van der Waals surface area contributed by atoms with Gasteiger partial charge in [0.25, 0.3) is 5.91 Å². The van der Waals surface area contributed by atoms with Crippen LogP contribution in [-0.4, -0.2) is 66.0 Å². The molecule has 9 heteroatoms. The first-order valence-corrected chi connectivity index (χ1v) is 8.62. The molecule has 1 atom stereocenters. The van der Waals surface area contributed by atoms with Crippen LogP contribution in [0.25, 0.3) is 0 Å². The topological polar surface area (TPSA) is 91.5 Å². The minimum atomic E-state index is -3.84. The summed E-state index contributed by atoms with van der Waals surface area (Å²) in [5, 5.41) is 28.7. The first-order valence-electron chi connectivity index (χ1n) is 8.62. The van der Waals surface area contributed by atoms with E-state index in [4.69, 9.17) is 0 Å². The van der Waals surface area contributed by atoms with Gasteiger partial charge in [0.05, 0.1) is 12.1 Å². The molecular weight excluding hydrogens is 334 g/mol. The van der Waals surface area contributed by atoms with E-state index in [1.807, 2.05) is 0 Å². The summed E-state index contributed by atoms with van der Waals surface area (Å²) in [6, 6.07) is 0. The number of alkyl halides is 2. The van der Waals surface area contributed by atoms with Gasteiger partial charge in [0.15, 0.2) is 0 Å². The van der Waals surface area contributed by atoms with Gasteiger partial charge in [0.2, 0.25) is 0 Å². The van der Waals surface area contributed by atoms with E-state index in [1.54, 1.807) is 11.6 Å². The quantitative estimate of drug-likeness (QED) is 0.825. The Morgan fingerprint density at radius 2 is 1.96 bits per heavy atom. The summed E-state index contributed by atoms with van der Waals surface area (Å²) in [5.74, 6) is -4.71. The molecule has 2 N–H and O–H groups in total. The average molecular weight is 358 g/mol. The number of aliphatic hydroxyl groups is 2. The van der Waals surface area contributed by atoms with Crippen LogP contribution < -0.4 is 0 Å². The van der Waals surface area contributed by atoms with Gasteiger partial charge in [-0.05, 0) is 25.7 Å². The van der Waals surface area contributed by atoms with Crippen molar-refractivity contribution in [3.05, 3.63) is 12.2 Å². The number of β-amino-alcohol motifs (C(OH)–C–C–N with tert-alkyl or cyclic N) is 1. The fourth-order valence-electron chi connectivity index (χ4n) is 3.86. The SMILES string of the molecule is Cn1cnnc1CC1(O)CCCN(C(=O)C(F)(F)C2(O)CCCC2)C1. The monoisotopic (exact) mass is 358 g/mol. The van der Waals surface area contributed by atoms with Gasteiger partial charge in [-0.15, -0.1) is 10.2 Å². The van der Waals surface area contributed by atoms with Crippen LogP contribution in [0.5, 0.6) is 0 Å². The predicted molar refractivity (Wildman–Crippen MR) is 83.8 cm³/mol. The molecule has 3 rings (SSSR count).